The summed E-state index contributed by atoms with van der Waals surface area (Å²) in [5, 5.41) is 0. The molecule has 0 unspecified atom stereocenters. The van der Waals surface area contributed by atoms with Crippen LogP contribution in [0.15, 0.2) is 24.3 Å². The van der Waals surface area contributed by atoms with Gasteiger partial charge in [0.05, 0.1) is 13.5 Å². The van der Waals surface area contributed by atoms with Crippen LogP contribution in [0.4, 0.5) is 0 Å². The molecule has 0 amide bonds. The fourth-order valence-electron chi connectivity index (χ4n) is 1.16. The van der Waals surface area contributed by atoms with Gasteiger partial charge in [0.1, 0.15) is 12.0 Å². The zero-order valence-corrected chi connectivity index (χ0v) is 11.3. The topological polar surface area (TPSA) is 35.5 Å². The minimum absolute atomic E-state index is 0.246. The van der Waals surface area contributed by atoms with Gasteiger partial charge in [-0.3, -0.25) is 4.79 Å². The van der Waals surface area contributed by atoms with E-state index in [1.807, 2.05) is 37.6 Å². The van der Waals surface area contributed by atoms with Crippen LogP contribution >= 0.6 is 6.26 Å². The minimum atomic E-state index is -1.69. The van der Waals surface area contributed by atoms with Gasteiger partial charge >= 0.3 is 5.97 Å². The molecule has 0 aliphatic rings. The summed E-state index contributed by atoms with van der Waals surface area (Å²) in [7, 11) is 1.38. The molecule has 1 aromatic carbocycles. The van der Waals surface area contributed by atoms with Crippen molar-refractivity contribution in [1.82, 2.24) is 0 Å². The molecule has 5 heteroatoms. The highest BCUT2D eigenvalue weighted by molar-refractivity contribution is 8.11. The van der Waals surface area contributed by atoms with Gasteiger partial charge in [-0.2, -0.15) is 0 Å². The second-order valence-corrected chi connectivity index (χ2v) is 9.06. The van der Waals surface area contributed by atoms with Gasteiger partial charge in [-0.1, -0.05) is 23.9 Å². The number of benzene rings is 1. The van der Waals surface area contributed by atoms with Gasteiger partial charge in [-0.15, -0.1) is 0 Å². The quantitative estimate of drug-likeness (QED) is 0.614. The Kier molecular flexibility index (Phi) is 4.51. The molecule has 1 aromatic rings. The first-order valence-electron chi connectivity index (χ1n) is 4.81. The maximum absolute atomic E-state index is 11.0. The largest absolute Gasteiger partial charge is 0.469 e. The normalized spacial score (nSPS) is 10.9. The zero-order valence-electron chi connectivity index (χ0n) is 9.60. The molecule has 0 saturated heterocycles. The summed E-state index contributed by atoms with van der Waals surface area (Å²) in [5.74, 6) is 0.506. The monoisotopic (exact) mass is 258 g/mol. The van der Waals surface area contributed by atoms with Crippen molar-refractivity contribution in [2.24, 2.45) is 0 Å². The van der Waals surface area contributed by atoms with Crippen LogP contribution in [0.2, 0.25) is 0 Å². The molecule has 88 valence electrons. The molecule has 0 aromatic heterocycles. The molecule has 0 N–H and O–H groups in total. The highest BCUT2D eigenvalue weighted by atomic mass is 32.4. The Morgan fingerprint density at radius 1 is 1.31 bits per heavy atom. The number of carbonyl (C=O) groups is 1. The Hall–Kier alpha value is -0.860. The molecular weight excluding hydrogens is 243 g/mol. The summed E-state index contributed by atoms with van der Waals surface area (Å²) >= 11 is 5.20. The van der Waals surface area contributed by atoms with Gasteiger partial charge in [0.25, 0.3) is 0 Å². The molecule has 0 radical (unpaired) electrons. The molecule has 1 rings (SSSR count). The molecule has 0 bridgehead atoms. The van der Waals surface area contributed by atoms with E-state index in [4.69, 9.17) is 16.3 Å². The Bertz CT molecular complexity index is 408. The van der Waals surface area contributed by atoms with E-state index in [0.717, 1.165) is 11.3 Å². The standard InChI is InChI=1S/C11H15O3PS/c1-13-11(12)8-9-4-6-10(7-5-9)14-15(2,3)16/h4-7H,8H2,1-3H3. The summed E-state index contributed by atoms with van der Waals surface area (Å²) in [6, 6.07) is 7.34. The smallest absolute Gasteiger partial charge is 0.309 e. The first-order valence-corrected chi connectivity index (χ1v) is 8.42. The lowest BCUT2D eigenvalue weighted by Crippen LogP contribution is -2.04. The van der Waals surface area contributed by atoms with Crippen LogP contribution in [0, 0.1) is 0 Å². The summed E-state index contributed by atoms with van der Waals surface area (Å²) in [5.41, 5.74) is 0.903. The Balaban J connectivity index is 2.68. The Morgan fingerprint density at radius 3 is 2.31 bits per heavy atom. The van der Waals surface area contributed by atoms with Crippen molar-refractivity contribution in [2.75, 3.05) is 20.4 Å². The SMILES string of the molecule is COC(=O)Cc1ccc(OP(C)(C)=S)cc1. The van der Waals surface area contributed by atoms with E-state index in [0.29, 0.717) is 0 Å². The lowest BCUT2D eigenvalue weighted by molar-refractivity contribution is -0.139. The second-order valence-electron chi connectivity index (χ2n) is 3.74. The minimum Gasteiger partial charge on any atom is -0.469 e. The van der Waals surface area contributed by atoms with Crippen LogP contribution in [0.3, 0.4) is 0 Å². The van der Waals surface area contributed by atoms with Crippen molar-refractivity contribution in [1.29, 1.82) is 0 Å². The number of methoxy groups -OCH3 is 1. The fourth-order valence-corrected chi connectivity index (χ4v) is 2.05. The van der Waals surface area contributed by atoms with Crippen molar-refractivity contribution in [2.45, 2.75) is 6.42 Å². The molecule has 3 nitrogen and oxygen atoms in total. The lowest BCUT2D eigenvalue weighted by Gasteiger charge is -2.13. The highest BCUT2D eigenvalue weighted by Crippen LogP contribution is 2.38. The van der Waals surface area contributed by atoms with Gasteiger partial charge in [-0.05, 0) is 31.0 Å². The van der Waals surface area contributed by atoms with Crippen LogP contribution in [-0.4, -0.2) is 26.4 Å². The summed E-state index contributed by atoms with van der Waals surface area (Å²) < 4.78 is 10.2. The van der Waals surface area contributed by atoms with Crippen LogP contribution < -0.4 is 4.52 Å². The van der Waals surface area contributed by atoms with Crippen molar-refractivity contribution in [3.63, 3.8) is 0 Å². The highest BCUT2D eigenvalue weighted by Gasteiger charge is 2.06. The van der Waals surface area contributed by atoms with Gasteiger partial charge in [0, 0.05) is 0 Å². The number of esters is 1. The van der Waals surface area contributed by atoms with Crippen molar-refractivity contribution >= 4 is 24.0 Å². The van der Waals surface area contributed by atoms with Crippen LogP contribution in [-0.2, 0) is 27.8 Å². The average molecular weight is 258 g/mol. The predicted octanol–water partition coefficient (Wildman–Crippen LogP) is 2.44. The van der Waals surface area contributed by atoms with E-state index in [2.05, 4.69) is 4.74 Å². The third kappa shape index (κ3) is 4.77. The van der Waals surface area contributed by atoms with Crippen LogP contribution in [0.25, 0.3) is 0 Å². The van der Waals surface area contributed by atoms with E-state index in [1.54, 1.807) is 0 Å². The molecule has 0 spiro atoms. The second kappa shape index (κ2) is 5.46. The summed E-state index contributed by atoms with van der Waals surface area (Å²) in [6.45, 7) is 3.84. The molecule has 0 aliphatic heterocycles. The average Bonchev–Trinajstić information content (AvgIpc) is 2.18. The molecule has 0 heterocycles. The molecular formula is C11H15O3PS. The first-order chi connectivity index (χ1) is 7.40. The zero-order chi connectivity index (χ0) is 12.2. The van der Waals surface area contributed by atoms with Crippen molar-refractivity contribution < 1.29 is 14.1 Å². The Labute approximate surface area is 101 Å². The third-order valence-corrected chi connectivity index (χ3v) is 2.70. The van der Waals surface area contributed by atoms with Gasteiger partial charge in [0.15, 0.2) is 0 Å². The maximum atomic E-state index is 11.0. The lowest BCUT2D eigenvalue weighted by atomic mass is 10.1. The first kappa shape index (κ1) is 13.2. The molecule has 16 heavy (non-hydrogen) atoms. The van der Waals surface area contributed by atoms with E-state index in [9.17, 15) is 4.79 Å². The molecule has 0 fully saturated rings. The van der Waals surface area contributed by atoms with E-state index in [1.165, 1.54) is 7.11 Å². The van der Waals surface area contributed by atoms with Gasteiger partial charge in [0.2, 0.25) is 0 Å². The third-order valence-electron chi connectivity index (χ3n) is 1.82. The van der Waals surface area contributed by atoms with Gasteiger partial charge < -0.3 is 9.26 Å². The maximum Gasteiger partial charge on any atom is 0.309 e. The predicted molar refractivity (Wildman–Crippen MR) is 68.9 cm³/mol. The van der Waals surface area contributed by atoms with E-state index in [-0.39, 0.29) is 12.4 Å². The Morgan fingerprint density at radius 2 is 1.88 bits per heavy atom. The molecule has 0 saturated carbocycles. The van der Waals surface area contributed by atoms with Crippen LogP contribution in [0.5, 0.6) is 5.75 Å². The van der Waals surface area contributed by atoms with Crippen LogP contribution in [0.1, 0.15) is 5.56 Å². The van der Waals surface area contributed by atoms with Crippen molar-refractivity contribution in [3.05, 3.63) is 29.8 Å². The number of rotatable bonds is 4. The van der Waals surface area contributed by atoms with E-state index < -0.39 is 6.26 Å². The van der Waals surface area contributed by atoms with Crippen molar-refractivity contribution in [3.8, 4) is 5.75 Å². The number of ether oxygens (including phenoxy) is 1. The fraction of sp³-hybridized carbons (Fsp3) is 0.364. The number of hydrogen-bond acceptors (Lipinski definition) is 4. The van der Waals surface area contributed by atoms with E-state index >= 15 is 0 Å². The molecule has 0 aliphatic carbocycles. The number of carbonyl (C=O) groups excluding carboxylic acids is 1. The summed E-state index contributed by atoms with van der Waals surface area (Å²) in [6.07, 6.45) is -1.41. The summed E-state index contributed by atoms with van der Waals surface area (Å²) in [4.78, 5) is 11.0. The number of hydrogen-bond donors (Lipinski definition) is 0. The molecule has 0 atom stereocenters. The van der Waals surface area contributed by atoms with Gasteiger partial charge in [-0.25, -0.2) is 0 Å².